The van der Waals surface area contributed by atoms with Crippen LogP contribution in [0.1, 0.15) is 10.4 Å². The van der Waals surface area contributed by atoms with E-state index in [1.165, 1.54) is 36.4 Å². The second-order valence-corrected chi connectivity index (χ2v) is 3.87. The summed E-state index contributed by atoms with van der Waals surface area (Å²) in [6, 6.07) is 12.6. The Labute approximate surface area is 112 Å². The summed E-state index contributed by atoms with van der Waals surface area (Å²) in [7, 11) is 0. The molecule has 0 spiro atoms. The largest absolute Gasteiger partial charge is 0.573 e. The van der Waals surface area contributed by atoms with Crippen molar-refractivity contribution < 1.29 is 22.7 Å². The first-order valence-corrected chi connectivity index (χ1v) is 5.54. The Hall–Kier alpha value is -2.50. The molecule has 6 heteroatoms. The quantitative estimate of drug-likeness (QED) is 0.939. The highest BCUT2D eigenvalue weighted by Gasteiger charge is 2.32. The summed E-state index contributed by atoms with van der Waals surface area (Å²) in [4.78, 5) is 11.3. The second kappa shape index (κ2) is 5.24. The number of alkyl halides is 3. The van der Waals surface area contributed by atoms with Gasteiger partial charge in [-0.3, -0.25) is 4.79 Å². The van der Waals surface area contributed by atoms with Crippen LogP contribution in [0.25, 0.3) is 11.1 Å². The molecule has 1 amide bonds. The van der Waals surface area contributed by atoms with Gasteiger partial charge in [0.2, 0.25) is 5.91 Å². The fourth-order valence-corrected chi connectivity index (χ4v) is 1.77. The number of halogens is 3. The van der Waals surface area contributed by atoms with E-state index in [0.29, 0.717) is 0 Å². The summed E-state index contributed by atoms with van der Waals surface area (Å²) in [5.41, 5.74) is 5.56. The molecule has 2 N–H and O–H groups in total. The van der Waals surface area contributed by atoms with Gasteiger partial charge in [-0.2, -0.15) is 0 Å². The van der Waals surface area contributed by atoms with Gasteiger partial charge in [0.05, 0.1) is 5.56 Å². The number of hydrogen-bond acceptors (Lipinski definition) is 2. The van der Waals surface area contributed by atoms with Crippen molar-refractivity contribution in [3.05, 3.63) is 54.1 Å². The van der Waals surface area contributed by atoms with Gasteiger partial charge in [0.15, 0.2) is 0 Å². The van der Waals surface area contributed by atoms with Gasteiger partial charge in [-0.15, -0.1) is 13.2 Å². The molecule has 0 aromatic heterocycles. The molecule has 2 rings (SSSR count). The highest BCUT2D eigenvalue weighted by molar-refractivity contribution is 6.00. The number of carbonyl (C=O) groups excluding carboxylic acids is 1. The van der Waals surface area contributed by atoms with Crippen LogP contribution in [0.3, 0.4) is 0 Å². The molecule has 3 nitrogen and oxygen atoms in total. The first-order valence-electron chi connectivity index (χ1n) is 5.54. The molecular weight excluding hydrogens is 271 g/mol. The van der Waals surface area contributed by atoms with E-state index in [1.54, 1.807) is 6.07 Å². The van der Waals surface area contributed by atoms with E-state index in [4.69, 9.17) is 5.73 Å². The van der Waals surface area contributed by atoms with Crippen molar-refractivity contribution in [2.45, 2.75) is 6.36 Å². The lowest BCUT2D eigenvalue weighted by Gasteiger charge is -2.14. The van der Waals surface area contributed by atoms with Gasteiger partial charge in [-0.05, 0) is 17.7 Å². The number of nitrogens with two attached hydrogens (primary N) is 1. The Morgan fingerprint density at radius 3 is 2.40 bits per heavy atom. The maximum absolute atomic E-state index is 12.4. The van der Waals surface area contributed by atoms with Crippen LogP contribution in [-0.4, -0.2) is 12.3 Å². The summed E-state index contributed by atoms with van der Waals surface area (Å²) in [5, 5.41) is 0. The summed E-state index contributed by atoms with van der Waals surface area (Å²) in [6.07, 6.45) is -4.82. The summed E-state index contributed by atoms with van der Waals surface area (Å²) < 4.78 is 41.1. The molecule has 2 aromatic carbocycles. The molecule has 103 valence electrons. The third kappa shape index (κ3) is 3.09. The molecule has 0 saturated carbocycles. The minimum atomic E-state index is -4.82. The third-order valence-electron chi connectivity index (χ3n) is 2.51. The van der Waals surface area contributed by atoms with E-state index in [2.05, 4.69) is 10.8 Å². The average Bonchev–Trinajstić information content (AvgIpc) is 2.37. The van der Waals surface area contributed by atoms with Crippen molar-refractivity contribution in [1.29, 1.82) is 0 Å². The molecule has 0 aliphatic carbocycles. The highest BCUT2D eigenvalue weighted by Crippen LogP contribution is 2.35. The van der Waals surface area contributed by atoms with Gasteiger partial charge in [0, 0.05) is 5.56 Å². The molecule has 0 heterocycles. The molecule has 0 fully saturated rings. The molecule has 0 bridgehead atoms. The lowest BCUT2D eigenvalue weighted by Crippen LogP contribution is -2.18. The number of hydrogen-bond donors (Lipinski definition) is 1. The summed E-state index contributed by atoms with van der Waals surface area (Å²) >= 11 is 0. The lowest BCUT2D eigenvalue weighted by atomic mass is 9.98. The maximum Gasteiger partial charge on any atom is 0.573 e. The summed E-state index contributed by atoms with van der Waals surface area (Å²) in [6.45, 7) is 0. The van der Waals surface area contributed by atoms with Gasteiger partial charge >= 0.3 is 6.36 Å². The van der Waals surface area contributed by atoms with Crippen molar-refractivity contribution in [3.8, 4) is 16.9 Å². The van der Waals surface area contributed by atoms with Gasteiger partial charge < -0.3 is 10.5 Å². The van der Waals surface area contributed by atoms with E-state index < -0.39 is 18.0 Å². The number of amides is 1. The van der Waals surface area contributed by atoms with Crippen molar-refractivity contribution in [2.24, 2.45) is 5.73 Å². The number of rotatable bonds is 3. The first-order chi connectivity index (χ1) is 9.38. The zero-order valence-corrected chi connectivity index (χ0v) is 10.1. The monoisotopic (exact) mass is 280 g/mol. The normalized spacial score (nSPS) is 11.2. The van der Waals surface area contributed by atoms with Crippen LogP contribution in [0.5, 0.6) is 5.75 Å². The average molecular weight is 280 g/mol. The zero-order valence-electron chi connectivity index (χ0n) is 10.1. The van der Waals surface area contributed by atoms with Crippen LogP contribution in [-0.2, 0) is 0 Å². The van der Waals surface area contributed by atoms with Crippen LogP contribution in [0, 0.1) is 6.07 Å². The number of ether oxygens (including phenoxy) is 1. The molecule has 0 aliphatic heterocycles. The third-order valence-corrected chi connectivity index (χ3v) is 2.51. The number of benzene rings is 2. The molecule has 0 unspecified atom stereocenters. The second-order valence-electron chi connectivity index (χ2n) is 3.87. The van der Waals surface area contributed by atoms with Gasteiger partial charge in [0.1, 0.15) is 5.75 Å². The van der Waals surface area contributed by atoms with E-state index in [-0.39, 0.29) is 16.7 Å². The van der Waals surface area contributed by atoms with Crippen molar-refractivity contribution in [2.75, 3.05) is 0 Å². The molecule has 20 heavy (non-hydrogen) atoms. The Kier molecular flexibility index (Phi) is 3.65. The minimum Gasteiger partial charge on any atom is -0.405 e. The molecule has 0 saturated heterocycles. The fraction of sp³-hybridized carbons (Fsp3) is 0.0714. The number of carbonyl (C=O) groups is 1. The molecule has 0 atom stereocenters. The fourth-order valence-electron chi connectivity index (χ4n) is 1.77. The molecular formula is C14H9F3NO2. The first kappa shape index (κ1) is 13.9. The lowest BCUT2D eigenvalue weighted by molar-refractivity contribution is -0.274. The maximum atomic E-state index is 12.4. The Morgan fingerprint density at radius 1 is 1.10 bits per heavy atom. The Bertz CT molecular complexity index is 638. The highest BCUT2D eigenvalue weighted by atomic mass is 19.4. The van der Waals surface area contributed by atoms with Crippen molar-refractivity contribution in [1.82, 2.24) is 0 Å². The summed E-state index contributed by atoms with van der Waals surface area (Å²) in [5.74, 6) is -1.18. The van der Waals surface area contributed by atoms with Gasteiger partial charge in [-0.1, -0.05) is 36.4 Å². The minimum absolute atomic E-state index is 0.00530. The number of primary amides is 1. The standard InChI is InChI=1S/C14H9F3NO2/c15-14(16,17)20-12-8-4-3-6-10(12)9-5-1-2-7-11(9)13(18)19/h1-6,8H,(H2,18,19). The zero-order chi connectivity index (χ0) is 14.8. The van der Waals surface area contributed by atoms with Crippen LogP contribution in [0.2, 0.25) is 0 Å². The number of para-hydroxylation sites is 1. The van der Waals surface area contributed by atoms with Gasteiger partial charge in [-0.25, -0.2) is 0 Å². The smallest absolute Gasteiger partial charge is 0.405 e. The van der Waals surface area contributed by atoms with Gasteiger partial charge in [0.25, 0.3) is 0 Å². The van der Waals surface area contributed by atoms with Crippen LogP contribution in [0.15, 0.2) is 42.5 Å². The molecule has 2 aromatic rings. The predicted octanol–water partition coefficient (Wildman–Crippen LogP) is 3.15. The predicted molar refractivity (Wildman–Crippen MR) is 65.9 cm³/mol. The molecule has 0 aliphatic rings. The van der Waals surface area contributed by atoms with Crippen molar-refractivity contribution in [3.63, 3.8) is 0 Å². The van der Waals surface area contributed by atoms with E-state index >= 15 is 0 Å². The van der Waals surface area contributed by atoms with E-state index in [0.717, 1.165) is 0 Å². The van der Waals surface area contributed by atoms with E-state index in [1.807, 2.05) is 0 Å². The van der Waals surface area contributed by atoms with Crippen LogP contribution >= 0.6 is 0 Å². The Morgan fingerprint density at radius 2 is 1.75 bits per heavy atom. The topological polar surface area (TPSA) is 52.3 Å². The van der Waals surface area contributed by atoms with Crippen molar-refractivity contribution >= 4 is 5.91 Å². The Balaban J connectivity index is 2.56. The SMILES string of the molecule is NC(=O)c1[c]cccc1-c1ccccc1OC(F)(F)F. The van der Waals surface area contributed by atoms with E-state index in [9.17, 15) is 18.0 Å². The molecule has 1 radical (unpaired) electrons. The van der Waals surface area contributed by atoms with Crippen LogP contribution in [0.4, 0.5) is 13.2 Å². The van der Waals surface area contributed by atoms with Crippen LogP contribution < -0.4 is 10.5 Å².